The van der Waals surface area contributed by atoms with E-state index in [1.54, 1.807) is 32.2 Å². The van der Waals surface area contributed by atoms with Gasteiger partial charge in [-0.15, -0.1) is 0 Å². The fourth-order valence-electron chi connectivity index (χ4n) is 2.38. The number of nitrogens with two attached hydrogens (primary N) is 1. The van der Waals surface area contributed by atoms with Crippen LogP contribution in [-0.2, 0) is 9.53 Å². The molecule has 24 heavy (non-hydrogen) atoms. The molecular formula is C16H23N3O5. The number of amides is 3. The van der Waals surface area contributed by atoms with Crippen molar-refractivity contribution in [3.8, 4) is 11.5 Å². The molecule has 2 rings (SSSR count). The van der Waals surface area contributed by atoms with Crippen LogP contribution in [0.15, 0.2) is 18.2 Å². The summed E-state index contributed by atoms with van der Waals surface area (Å²) in [6.07, 6.45) is 2.11. The number of ether oxygens (including phenoxy) is 3. The molecule has 0 saturated carbocycles. The minimum absolute atomic E-state index is 0.0894. The van der Waals surface area contributed by atoms with E-state index in [9.17, 15) is 9.59 Å². The van der Waals surface area contributed by atoms with Gasteiger partial charge in [0.25, 0.3) is 0 Å². The molecule has 8 nitrogen and oxygen atoms in total. The van der Waals surface area contributed by atoms with E-state index in [1.807, 2.05) is 5.32 Å². The highest BCUT2D eigenvalue weighted by molar-refractivity contribution is 5.97. The van der Waals surface area contributed by atoms with Crippen LogP contribution in [0, 0.1) is 0 Å². The highest BCUT2D eigenvalue weighted by Crippen LogP contribution is 2.31. The first-order valence-electron chi connectivity index (χ1n) is 7.79. The van der Waals surface area contributed by atoms with Crippen molar-refractivity contribution < 1.29 is 23.8 Å². The second-order valence-corrected chi connectivity index (χ2v) is 5.53. The number of primary amides is 1. The van der Waals surface area contributed by atoms with Gasteiger partial charge in [-0.2, -0.15) is 0 Å². The number of carbonyl (C=O) groups is 2. The number of hydrogen-bond donors (Lipinski definition) is 3. The number of benzene rings is 1. The van der Waals surface area contributed by atoms with Crippen LogP contribution >= 0.6 is 0 Å². The molecular weight excluding hydrogens is 314 g/mol. The molecule has 0 bridgehead atoms. The molecule has 0 spiro atoms. The quantitative estimate of drug-likeness (QED) is 0.690. The lowest BCUT2D eigenvalue weighted by atomic mass is 10.2. The van der Waals surface area contributed by atoms with E-state index < -0.39 is 18.0 Å². The number of nitrogens with one attached hydrogen (secondary N) is 2. The van der Waals surface area contributed by atoms with Gasteiger partial charge in [0.1, 0.15) is 12.6 Å². The smallest absolute Gasteiger partial charge is 0.318 e. The van der Waals surface area contributed by atoms with E-state index in [-0.39, 0.29) is 6.10 Å². The van der Waals surface area contributed by atoms with Gasteiger partial charge in [0.15, 0.2) is 11.5 Å². The predicted octanol–water partition coefficient (Wildman–Crippen LogP) is 1.25. The second-order valence-electron chi connectivity index (χ2n) is 5.53. The van der Waals surface area contributed by atoms with Crippen molar-refractivity contribution in [1.29, 1.82) is 0 Å². The molecule has 132 valence electrons. The van der Waals surface area contributed by atoms with Gasteiger partial charge in [-0.25, -0.2) is 4.79 Å². The summed E-state index contributed by atoms with van der Waals surface area (Å²) in [6.45, 7) is 2.83. The number of imide groups is 1. The topological polar surface area (TPSA) is 112 Å². The SMILES string of the molecule is COc1ccc(NC(C)C(=O)NC(N)=O)cc1OCC1CCCO1. The maximum absolute atomic E-state index is 11.7. The van der Waals surface area contributed by atoms with Gasteiger partial charge in [0.05, 0.1) is 13.2 Å². The summed E-state index contributed by atoms with van der Waals surface area (Å²) in [5, 5.41) is 5.01. The third-order valence-corrected chi connectivity index (χ3v) is 3.64. The minimum Gasteiger partial charge on any atom is -0.493 e. The molecule has 1 saturated heterocycles. The number of rotatable bonds is 7. The van der Waals surface area contributed by atoms with Gasteiger partial charge >= 0.3 is 6.03 Å². The first-order chi connectivity index (χ1) is 11.5. The van der Waals surface area contributed by atoms with Crippen LogP contribution < -0.4 is 25.8 Å². The molecule has 1 aliphatic rings. The lowest BCUT2D eigenvalue weighted by Crippen LogP contribution is -2.43. The second kappa shape index (κ2) is 8.39. The van der Waals surface area contributed by atoms with Crippen LogP contribution in [0.3, 0.4) is 0 Å². The van der Waals surface area contributed by atoms with Gasteiger partial charge in [0.2, 0.25) is 5.91 Å². The Kier molecular flexibility index (Phi) is 6.25. The van der Waals surface area contributed by atoms with Gasteiger partial charge in [-0.05, 0) is 31.9 Å². The molecule has 1 aromatic carbocycles. The van der Waals surface area contributed by atoms with Gasteiger partial charge in [0, 0.05) is 18.4 Å². The normalized spacial score (nSPS) is 17.8. The Morgan fingerprint density at radius 3 is 2.83 bits per heavy atom. The fraction of sp³-hybridized carbons (Fsp3) is 0.500. The van der Waals surface area contributed by atoms with E-state index in [0.29, 0.717) is 23.8 Å². The Balaban J connectivity index is 2.00. The monoisotopic (exact) mass is 337 g/mol. The third-order valence-electron chi connectivity index (χ3n) is 3.64. The summed E-state index contributed by atoms with van der Waals surface area (Å²) in [4.78, 5) is 22.4. The summed E-state index contributed by atoms with van der Waals surface area (Å²) in [6, 6.07) is 3.71. The maximum atomic E-state index is 11.7. The number of urea groups is 1. The molecule has 1 aliphatic heterocycles. The first-order valence-corrected chi connectivity index (χ1v) is 7.79. The Morgan fingerprint density at radius 2 is 2.21 bits per heavy atom. The van der Waals surface area contributed by atoms with Crippen LogP contribution in [0.4, 0.5) is 10.5 Å². The van der Waals surface area contributed by atoms with E-state index >= 15 is 0 Å². The lowest BCUT2D eigenvalue weighted by Gasteiger charge is -2.17. The highest BCUT2D eigenvalue weighted by atomic mass is 16.5. The Hall–Kier alpha value is -2.48. The number of carbonyl (C=O) groups excluding carboxylic acids is 2. The Bertz CT molecular complexity index is 587. The first kappa shape index (κ1) is 17.9. The predicted molar refractivity (Wildman–Crippen MR) is 88.3 cm³/mol. The molecule has 1 fully saturated rings. The highest BCUT2D eigenvalue weighted by Gasteiger charge is 2.18. The molecule has 1 heterocycles. The summed E-state index contributed by atoms with van der Waals surface area (Å²) in [7, 11) is 1.56. The van der Waals surface area contributed by atoms with E-state index in [1.165, 1.54) is 0 Å². The van der Waals surface area contributed by atoms with Crippen LogP contribution in [0.2, 0.25) is 0 Å². The van der Waals surface area contributed by atoms with Gasteiger partial charge < -0.3 is 25.3 Å². The summed E-state index contributed by atoms with van der Waals surface area (Å²) in [5.74, 6) is 0.633. The fourth-order valence-corrected chi connectivity index (χ4v) is 2.38. The number of methoxy groups -OCH3 is 1. The van der Waals surface area contributed by atoms with Crippen LogP contribution in [-0.4, -0.2) is 44.4 Å². The molecule has 8 heteroatoms. The van der Waals surface area contributed by atoms with Crippen LogP contribution in [0.1, 0.15) is 19.8 Å². The standard InChI is InChI=1S/C16H23N3O5/c1-10(15(20)19-16(17)21)18-11-5-6-13(22-2)14(8-11)24-9-12-4-3-7-23-12/h5-6,8,10,12,18H,3-4,7,9H2,1-2H3,(H3,17,19,20,21). The summed E-state index contributed by atoms with van der Waals surface area (Å²) >= 11 is 0. The van der Waals surface area contributed by atoms with Crippen molar-refractivity contribution in [3.63, 3.8) is 0 Å². The summed E-state index contributed by atoms with van der Waals surface area (Å²) in [5.41, 5.74) is 5.60. The minimum atomic E-state index is -0.885. The largest absolute Gasteiger partial charge is 0.493 e. The molecule has 2 unspecified atom stereocenters. The van der Waals surface area contributed by atoms with E-state index in [0.717, 1.165) is 19.4 Å². The van der Waals surface area contributed by atoms with Crippen molar-refractivity contribution in [2.24, 2.45) is 5.73 Å². The zero-order chi connectivity index (χ0) is 17.5. The van der Waals surface area contributed by atoms with Crippen molar-refractivity contribution in [1.82, 2.24) is 5.32 Å². The average Bonchev–Trinajstić information content (AvgIpc) is 3.05. The zero-order valence-electron chi connectivity index (χ0n) is 13.8. The van der Waals surface area contributed by atoms with E-state index in [2.05, 4.69) is 5.32 Å². The Labute approximate surface area is 140 Å². The van der Waals surface area contributed by atoms with Gasteiger partial charge in [-0.1, -0.05) is 0 Å². The molecule has 0 radical (unpaired) electrons. The number of hydrogen-bond acceptors (Lipinski definition) is 6. The van der Waals surface area contributed by atoms with Crippen molar-refractivity contribution in [3.05, 3.63) is 18.2 Å². The molecule has 0 aromatic heterocycles. The van der Waals surface area contributed by atoms with Crippen molar-refractivity contribution in [2.45, 2.75) is 31.9 Å². The average molecular weight is 337 g/mol. The van der Waals surface area contributed by atoms with Gasteiger partial charge in [-0.3, -0.25) is 10.1 Å². The van der Waals surface area contributed by atoms with E-state index in [4.69, 9.17) is 19.9 Å². The number of anilines is 1. The lowest BCUT2D eigenvalue weighted by molar-refractivity contribution is -0.120. The molecule has 4 N–H and O–H groups in total. The maximum Gasteiger partial charge on any atom is 0.318 e. The Morgan fingerprint density at radius 1 is 1.42 bits per heavy atom. The summed E-state index contributed by atoms with van der Waals surface area (Å²) < 4.78 is 16.6. The molecule has 3 amide bonds. The molecule has 2 atom stereocenters. The van der Waals surface area contributed by atoms with Crippen LogP contribution in [0.5, 0.6) is 11.5 Å². The third kappa shape index (κ3) is 5.02. The molecule has 0 aliphatic carbocycles. The zero-order valence-corrected chi connectivity index (χ0v) is 13.8. The van der Waals surface area contributed by atoms with Crippen LogP contribution in [0.25, 0.3) is 0 Å². The van der Waals surface area contributed by atoms with Crippen molar-refractivity contribution in [2.75, 3.05) is 25.6 Å². The molecule has 1 aromatic rings. The van der Waals surface area contributed by atoms with Crippen molar-refractivity contribution >= 4 is 17.6 Å².